The lowest BCUT2D eigenvalue weighted by molar-refractivity contribution is -0.131. The lowest BCUT2D eigenvalue weighted by Crippen LogP contribution is -2.50. The molecule has 0 bridgehead atoms. The Morgan fingerprint density at radius 1 is 0.605 bits per heavy atom. The maximum absolute atomic E-state index is 12.5. The van der Waals surface area contributed by atoms with Gasteiger partial charge >= 0.3 is 0 Å². The van der Waals surface area contributed by atoms with E-state index < -0.39 is 40.0 Å². The molecular formula is C35H69NO6S. The number of hydrogen-bond donors (Lipinski definition) is 4. The second-order valence-electron chi connectivity index (χ2n) is 12.6. The zero-order valence-electron chi connectivity index (χ0n) is 28.0. The van der Waals surface area contributed by atoms with Crippen LogP contribution in [0.3, 0.4) is 0 Å². The fourth-order valence-corrected chi connectivity index (χ4v) is 6.26. The van der Waals surface area contributed by atoms with E-state index in [1.54, 1.807) is 0 Å². The minimum absolute atomic E-state index is 0.284. The number of unbranched alkanes of at least 4 members (excludes halogenated alkanes) is 21. The fourth-order valence-electron chi connectivity index (χ4n) is 5.50. The van der Waals surface area contributed by atoms with Crippen molar-refractivity contribution in [1.29, 1.82) is 0 Å². The quantitative estimate of drug-likeness (QED) is 0.0334. The zero-order valence-corrected chi connectivity index (χ0v) is 28.8. The van der Waals surface area contributed by atoms with Crippen LogP contribution in [0.15, 0.2) is 12.2 Å². The minimum Gasteiger partial charge on any atom is -0.391 e. The van der Waals surface area contributed by atoms with E-state index >= 15 is 0 Å². The smallest absolute Gasteiger partial charge is 0.266 e. The van der Waals surface area contributed by atoms with Crippen LogP contribution in [-0.2, 0) is 14.9 Å². The monoisotopic (exact) mass is 631 g/mol. The minimum atomic E-state index is -4.40. The molecule has 1 amide bonds. The van der Waals surface area contributed by atoms with Crippen LogP contribution in [0.5, 0.6) is 0 Å². The maximum atomic E-state index is 12.5. The first-order chi connectivity index (χ1) is 20.7. The summed E-state index contributed by atoms with van der Waals surface area (Å²) in [7, 11) is -4.40. The van der Waals surface area contributed by atoms with E-state index in [1.807, 2.05) is 0 Å². The Labute approximate surface area is 265 Å². The Hall–Kier alpha value is -0.960. The van der Waals surface area contributed by atoms with Crippen molar-refractivity contribution in [3.63, 3.8) is 0 Å². The van der Waals surface area contributed by atoms with Crippen LogP contribution in [0.25, 0.3) is 0 Å². The Bertz CT molecular complexity index is 757. The van der Waals surface area contributed by atoms with Gasteiger partial charge in [0, 0.05) is 0 Å². The average molecular weight is 632 g/mol. The van der Waals surface area contributed by atoms with Gasteiger partial charge in [0.15, 0.2) is 0 Å². The van der Waals surface area contributed by atoms with Gasteiger partial charge in [0.2, 0.25) is 5.91 Å². The van der Waals surface area contributed by atoms with Crippen molar-refractivity contribution < 1.29 is 28.0 Å². The normalized spacial score (nSPS) is 14.3. The topological polar surface area (TPSA) is 124 Å². The largest absolute Gasteiger partial charge is 0.391 e. The van der Waals surface area contributed by atoms with Crippen molar-refractivity contribution >= 4 is 16.0 Å². The number of carbonyl (C=O) groups excluding carboxylic acids is 1. The summed E-state index contributed by atoms with van der Waals surface area (Å²) in [5, 5.41) is 23.4. The highest BCUT2D eigenvalue weighted by molar-refractivity contribution is 7.85. The van der Waals surface area contributed by atoms with Gasteiger partial charge in [-0.1, -0.05) is 161 Å². The molecule has 0 heterocycles. The molecule has 0 radical (unpaired) electrons. The van der Waals surface area contributed by atoms with Gasteiger partial charge in [-0.15, -0.1) is 0 Å². The first-order valence-electron chi connectivity index (χ1n) is 18.0. The van der Waals surface area contributed by atoms with Gasteiger partial charge in [-0.05, 0) is 32.1 Å². The number of rotatable bonds is 32. The van der Waals surface area contributed by atoms with Crippen LogP contribution < -0.4 is 5.32 Å². The summed E-state index contributed by atoms with van der Waals surface area (Å²) in [5.74, 6) is -1.46. The molecule has 256 valence electrons. The second kappa shape index (κ2) is 29.7. The number of nitrogens with one attached hydrogen (secondary N) is 1. The van der Waals surface area contributed by atoms with Crippen LogP contribution in [0, 0.1) is 0 Å². The van der Waals surface area contributed by atoms with Crippen molar-refractivity contribution in [1.82, 2.24) is 5.32 Å². The zero-order chi connectivity index (χ0) is 32.0. The van der Waals surface area contributed by atoms with Crippen molar-refractivity contribution in [2.75, 3.05) is 5.75 Å². The number of carbonyl (C=O) groups is 1. The predicted molar refractivity (Wildman–Crippen MR) is 181 cm³/mol. The van der Waals surface area contributed by atoms with Crippen LogP contribution in [-0.4, -0.2) is 53.1 Å². The summed E-state index contributed by atoms with van der Waals surface area (Å²) in [6, 6.07) is -1.15. The number of amides is 1. The highest BCUT2D eigenvalue weighted by Crippen LogP contribution is 2.16. The molecule has 8 heteroatoms. The molecule has 0 aliphatic heterocycles. The summed E-state index contributed by atoms with van der Waals surface area (Å²) in [6.07, 6.45) is 30.9. The molecule has 0 spiro atoms. The van der Waals surface area contributed by atoms with Crippen molar-refractivity contribution in [3.05, 3.63) is 12.2 Å². The highest BCUT2D eigenvalue weighted by atomic mass is 32.2. The van der Waals surface area contributed by atoms with Gasteiger partial charge in [-0.2, -0.15) is 8.42 Å². The Morgan fingerprint density at radius 2 is 1.00 bits per heavy atom. The number of hydrogen-bond acceptors (Lipinski definition) is 5. The molecule has 0 aromatic heterocycles. The van der Waals surface area contributed by atoms with Gasteiger partial charge in [-0.25, -0.2) is 0 Å². The first kappa shape index (κ1) is 42.0. The van der Waals surface area contributed by atoms with E-state index in [-0.39, 0.29) is 6.42 Å². The van der Waals surface area contributed by atoms with E-state index in [2.05, 4.69) is 31.3 Å². The van der Waals surface area contributed by atoms with Gasteiger partial charge in [0.1, 0.15) is 6.10 Å². The highest BCUT2D eigenvalue weighted by Gasteiger charge is 2.28. The third-order valence-electron chi connectivity index (χ3n) is 8.33. The number of aliphatic hydroxyl groups is 2. The van der Waals surface area contributed by atoms with E-state index in [0.717, 1.165) is 51.4 Å². The van der Waals surface area contributed by atoms with Gasteiger partial charge in [-0.3, -0.25) is 9.35 Å². The summed E-state index contributed by atoms with van der Waals surface area (Å²) in [5.41, 5.74) is 0. The molecule has 4 N–H and O–H groups in total. The molecule has 0 rings (SSSR count). The third-order valence-corrected chi connectivity index (χ3v) is 9.11. The van der Waals surface area contributed by atoms with E-state index in [0.29, 0.717) is 19.3 Å². The van der Waals surface area contributed by atoms with Gasteiger partial charge < -0.3 is 15.5 Å². The van der Waals surface area contributed by atoms with Gasteiger partial charge in [0.25, 0.3) is 10.1 Å². The lowest BCUT2D eigenvalue weighted by atomic mass is 10.0. The Morgan fingerprint density at radius 3 is 1.47 bits per heavy atom. The maximum Gasteiger partial charge on any atom is 0.266 e. The van der Waals surface area contributed by atoms with Crippen LogP contribution in [0.1, 0.15) is 181 Å². The SMILES string of the molecule is CCCC/C=C\CCCCCCC(O)C(=O)NC(CS(=O)(=O)O)C(O)CCCCCCCCCCCCCCCCCC. The standard InChI is InChI=1S/C35H69NO6S/c1-3-5-7-9-11-13-15-16-17-18-19-20-22-23-25-27-29-33(37)32(31-43(40,41)42)36-35(39)34(38)30-28-26-24-21-14-12-10-8-6-4-2/h10,12,32-34,37-38H,3-9,11,13-31H2,1-2H3,(H,36,39)(H,40,41,42)/b12-10-. The summed E-state index contributed by atoms with van der Waals surface area (Å²) >= 11 is 0. The molecule has 0 saturated carbocycles. The summed E-state index contributed by atoms with van der Waals surface area (Å²) in [4.78, 5) is 12.5. The molecule has 7 nitrogen and oxygen atoms in total. The average Bonchev–Trinajstić information content (AvgIpc) is 2.96. The number of aliphatic hydroxyl groups excluding tert-OH is 2. The molecule has 0 fully saturated rings. The lowest BCUT2D eigenvalue weighted by Gasteiger charge is -2.24. The second-order valence-corrected chi connectivity index (χ2v) is 14.1. The van der Waals surface area contributed by atoms with Crippen LogP contribution >= 0.6 is 0 Å². The van der Waals surface area contributed by atoms with Crippen molar-refractivity contribution in [3.8, 4) is 0 Å². The Balaban J connectivity index is 4.04. The first-order valence-corrected chi connectivity index (χ1v) is 19.6. The summed E-state index contributed by atoms with van der Waals surface area (Å²) in [6.45, 7) is 4.44. The fraction of sp³-hybridized carbons (Fsp3) is 0.914. The van der Waals surface area contributed by atoms with Crippen LogP contribution in [0.2, 0.25) is 0 Å². The van der Waals surface area contributed by atoms with E-state index in [9.17, 15) is 28.0 Å². The number of allylic oxidation sites excluding steroid dienone is 2. The molecule has 43 heavy (non-hydrogen) atoms. The van der Waals surface area contributed by atoms with Crippen LogP contribution in [0.4, 0.5) is 0 Å². The molecule has 3 unspecified atom stereocenters. The summed E-state index contributed by atoms with van der Waals surface area (Å²) < 4.78 is 32.4. The molecule has 0 aromatic carbocycles. The molecule has 0 aliphatic carbocycles. The van der Waals surface area contributed by atoms with Gasteiger partial charge in [0.05, 0.1) is 17.9 Å². The van der Waals surface area contributed by atoms with E-state index in [4.69, 9.17) is 0 Å². The van der Waals surface area contributed by atoms with E-state index in [1.165, 1.54) is 89.9 Å². The molecule has 0 saturated heterocycles. The molecular weight excluding hydrogens is 562 g/mol. The van der Waals surface area contributed by atoms with Crippen molar-refractivity contribution in [2.24, 2.45) is 0 Å². The van der Waals surface area contributed by atoms with Crippen molar-refractivity contribution in [2.45, 2.75) is 199 Å². The molecule has 0 aromatic rings. The molecule has 0 aliphatic rings. The molecule has 3 atom stereocenters. The third kappa shape index (κ3) is 29.5. The predicted octanol–water partition coefficient (Wildman–Crippen LogP) is 8.82. The Kier molecular flexibility index (Phi) is 29.1.